The van der Waals surface area contributed by atoms with Crippen molar-refractivity contribution in [3.63, 3.8) is 0 Å². The zero-order chi connectivity index (χ0) is 25.9. The molecule has 1 amide bonds. The lowest BCUT2D eigenvalue weighted by atomic mass is 10.0. The van der Waals surface area contributed by atoms with Crippen molar-refractivity contribution in [2.24, 2.45) is 0 Å². The second kappa shape index (κ2) is 10.7. The molecule has 0 fully saturated rings. The summed E-state index contributed by atoms with van der Waals surface area (Å²) >= 11 is 2.69. The Balaban J connectivity index is 1.53. The molecule has 0 aliphatic rings. The summed E-state index contributed by atoms with van der Waals surface area (Å²) in [6.07, 6.45) is 0.614. The zero-order valence-electron chi connectivity index (χ0n) is 20.3. The van der Waals surface area contributed by atoms with E-state index in [2.05, 4.69) is 29.6 Å². The maximum atomic E-state index is 13.7. The largest absolute Gasteiger partial charge is 0.462 e. The second-order valence-electron chi connectivity index (χ2n) is 8.60. The van der Waals surface area contributed by atoms with E-state index < -0.39 is 5.97 Å². The lowest BCUT2D eigenvalue weighted by Gasteiger charge is -2.10. The minimum atomic E-state index is -0.533. The number of amides is 1. The molecule has 0 bridgehead atoms. The van der Waals surface area contributed by atoms with Crippen LogP contribution in [0.1, 0.15) is 43.6 Å². The first-order valence-corrected chi connectivity index (χ1v) is 13.6. The first kappa shape index (κ1) is 24.9. The highest BCUT2D eigenvalue weighted by Gasteiger charge is 2.25. The Morgan fingerprint density at radius 3 is 2.43 bits per heavy atom. The van der Waals surface area contributed by atoms with E-state index in [1.807, 2.05) is 31.2 Å². The molecule has 0 unspecified atom stereocenters. The number of ether oxygens (including phenoxy) is 1. The van der Waals surface area contributed by atoms with Gasteiger partial charge in [-0.2, -0.15) is 0 Å². The Morgan fingerprint density at radius 1 is 0.973 bits per heavy atom. The van der Waals surface area contributed by atoms with Crippen molar-refractivity contribution < 1.29 is 18.7 Å². The highest BCUT2D eigenvalue weighted by molar-refractivity contribution is 7.21. The number of thiophene rings is 2. The average Bonchev–Trinajstić information content (AvgIpc) is 3.48. The average molecular weight is 530 g/mol. The number of aryl methyl sites for hydroxylation is 1. The fourth-order valence-electron chi connectivity index (χ4n) is 4.23. The quantitative estimate of drug-likeness (QED) is 0.217. The van der Waals surface area contributed by atoms with Gasteiger partial charge in [0, 0.05) is 15.6 Å². The number of rotatable bonds is 7. The van der Waals surface area contributed by atoms with Gasteiger partial charge in [-0.1, -0.05) is 60.2 Å². The molecule has 0 saturated heterocycles. The van der Waals surface area contributed by atoms with Crippen LogP contribution in [0.2, 0.25) is 0 Å². The third-order valence-corrected chi connectivity index (χ3v) is 8.17. The van der Waals surface area contributed by atoms with Gasteiger partial charge in [-0.15, -0.1) is 22.7 Å². The molecular formula is C30H24FNO3S2. The standard InChI is InChI=1S/C30H24FNO3S2/c1-3-35-30(34)26-24(20-12-14-21(31)15-13-20)17-36-29(26)32-28(33)27-23(16-19-10-8-18(2)9-11-19)22-6-4-5-7-25(22)37-27/h4-15,17H,3,16H2,1-2H3,(H,32,33). The Hall–Kier alpha value is -3.81. The second-order valence-corrected chi connectivity index (χ2v) is 10.5. The molecule has 0 aliphatic heterocycles. The summed E-state index contributed by atoms with van der Waals surface area (Å²) in [6, 6.07) is 22.2. The fraction of sp³-hybridized carbons (Fsp3) is 0.133. The van der Waals surface area contributed by atoms with Crippen molar-refractivity contribution in [1.29, 1.82) is 0 Å². The topological polar surface area (TPSA) is 55.4 Å². The number of fused-ring (bicyclic) bond motifs is 1. The number of carbonyl (C=O) groups is 2. The maximum absolute atomic E-state index is 13.7. The van der Waals surface area contributed by atoms with Crippen molar-refractivity contribution in [2.75, 3.05) is 11.9 Å². The number of esters is 1. The van der Waals surface area contributed by atoms with Gasteiger partial charge >= 0.3 is 5.97 Å². The molecule has 7 heteroatoms. The third kappa shape index (κ3) is 5.19. The molecule has 2 aromatic heterocycles. The third-order valence-electron chi connectivity index (χ3n) is 6.06. The summed E-state index contributed by atoms with van der Waals surface area (Å²) in [7, 11) is 0. The molecule has 1 N–H and O–H groups in total. The molecule has 5 aromatic rings. The number of hydrogen-bond donors (Lipinski definition) is 1. The molecule has 2 heterocycles. The molecule has 0 atom stereocenters. The Labute approximate surface area is 222 Å². The summed E-state index contributed by atoms with van der Waals surface area (Å²) in [6.45, 7) is 3.97. The summed E-state index contributed by atoms with van der Waals surface area (Å²) in [5.74, 6) is -1.17. The monoisotopic (exact) mass is 529 g/mol. The maximum Gasteiger partial charge on any atom is 0.341 e. The Bertz CT molecular complexity index is 1580. The lowest BCUT2D eigenvalue weighted by Crippen LogP contribution is -2.15. The van der Waals surface area contributed by atoms with Gasteiger partial charge in [0.05, 0.1) is 11.5 Å². The molecule has 4 nitrogen and oxygen atoms in total. The van der Waals surface area contributed by atoms with Gasteiger partial charge in [0.25, 0.3) is 5.91 Å². The van der Waals surface area contributed by atoms with Crippen LogP contribution in [-0.4, -0.2) is 18.5 Å². The molecule has 186 valence electrons. The fourth-order valence-corrected chi connectivity index (χ4v) is 6.29. The molecule has 37 heavy (non-hydrogen) atoms. The normalized spacial score (nSPS) is 11.0. The van der Waals surface area contributed by atoms with Crippen molar-refractivity contribution in [3.05, 3.63) is 111 Å². The molecule has 3 aromatic carbocycles. The number of halogens is 1. The minimum Gasteiger partial charge on any atom is -0.462 e. The predicted octanol–water partition coefficient (Wildman–Crippen LogP) is 8.10. The molecule has 5 rings (SSSR count). The van der Waals surface area contributed by atoms with Crippen molar-refractivity contribution in [2.45, 2.75) is 20.3 Å². The van der Waals surface area contributed by atoms with Gasteiger partial charge < -0.3 is 10.1 Å². The predicted molar refractivity (Wildman–Crippen MR) is 149 cm³/mol. The van der Waals surface area contributed by atoms with Gasteiger partial charge in [0.1, 0.15) is 16.4 Å². The minimum absolute atomic E-state index is 0.196. The first-order valence-electron chi connectivity index (χ1n) is 11.9. The van der Waals surface area contributed by atoms with Crippen molar-refractivity contribution in [1.82, 2.24) is 0 Å². The number of anilines is 1. The molecule has 0 aliphatic carbocycles. The smallest absolute Gasteiger partial charge is 0.341 e. The van der Waals surface area contributed by atoms with E-state index in [0.29, 0.717) is 27.4 Å². The Kier molecular flexibility index (Phi) is 7.17. The van der Waals surface area contributed by atoms with Crippen LogP contribution in [0.5, 0.6) is 0 Å². The van der Waals surface area contributed by atoms with Crippen LogP contribution < -0.4 is 5.32 Å². The van der Waals surface area contributed by atoms with Gasteiger partial charge in [-0.05, 0) is 60.5 Å². The van der Waals surface area contributed by atoms with Gasteiger partial charge in [0.15, 0.2) is 0 Å². The summed E-state index contributed by atoms with van der Waals surface area (Å²) < 4.78 is 19.8. The molecular weight excluding hydrogens is 505 g/mol. The van der Waals surface area contributed by atoms with E-state index in [1.165, 1.54) is 40.4 Å². The Morgan fingerprint density at radius 2 is 1.70 bits per heavy atom. The first-order chi connectivity index (χ1) is 17.9. The van der Waals surface area contributed by atoms with E-state index in [1.54, 1.807) is 24.4 Å². The van der Waals surface area contributed by atoms with Crippen molar-refractivity contribution in [3.8, 4) is 11.1 Å². The SMILES string of the molecule is CCOC(=O)c1c(-c2ccc(F)cc2)csc1NC(=O)c1sc2ccccc2c1Cc1ccc(C)cc1. The molecule has 0 spiro atoms. The molecule has 0 saturated carbocycles. The van der Waals surface area contributed by atoms with E-state index in [4.69, 9.17) is 4.74 Å². The van der Waals surface area contributed by atoms with Crippen LogP contribution in [0.4, 0.5) is 9.39 Å². The van der Waals surface area contributed by atoms with E-state index in [9.17, 15) is 14.0 Å². The lowest BCUT2D eigenvalue weighted by molar-refractivity contribution is 0.0529. The summed E-state index contributed by atoms with van der Waals surface area (Å²) in [5, 5.41) is 6.21. The summed E-state index contributed by atoms with van der Waals surface area (Å²) in [4.78, 5) is 27.2. The van der Waals surface area contributed by atoms with Gasteiger partial charge in [-0.25, -0.2) is 9.18 Å². The van der Waals surface area contributed by atoms with Gasteiger partial charge in [0.2, 0.25) is 0 Å². The number of benzene rings is 3. The van der Waals surface area contributed by atoms with E-state index in [0.717, 1.165) is 21.2 Å². The van der Waals surface area contributed by atoms with Crippen LogP contribution >= 0.6 is 22.7 Å². The summed E-state index contributed by atoms with van der Waals surface area (Å²) in [5.41, 5.74) is 4.78. The van der Waals surface area contributed by atoms with Crippen LogP contribution in [0.25, 0.3) is 21.2 Å². The number of hydrogen-bond acceptors (Lipinski definition) is 5. The zero-order valence-corrected chi connectivity index (χ0v) is 22.0. The highest BCUT2D eigenvalue weighted by Crippen LogP contribution is 2.38. The van der Waals surface area contributed by atoms with Crippen LogP contribution in [0.3, 0.4) is 0 Å². The van der Waals surface area contributed by atoms with E-state index >= 15 is 0 Å². The van der Waals surface area contributed by atoms with E-state index in [-0.39, 0.29) is 23.9 Å². The van der Waals surface area contributed by atoms with Crippen molar-refractivity contribution >= 4 is 49.6 Å². The van der Waals surface area contributed by atoms with Crippen LogP contribution in [0, 0.1) is 12.7 Å². The van der Waals surface area contributed by atoms with Gasteiger partial charge in [-0.3, -0.25) is 4.79 Å². The number of carbonyl (C=O) groups excluding carboxylic acids is 2. The molecule has 0 radical (unpaired) electrons. The van der Waals surface area contributed by atoms with Crippen LogP contribution in [-0.2, 0) is 11.2 Å². The highest BCUT2D eigenvalue weighted by atomic mass is 32.1. The van der Waals surface area contributed by atoms with Crippen LogP contribution in [0.15, 0.2) is 78.2 Å². The number of nitrogens with one attached hydrogen (secondary N) is 1.